The van der Waals surface area contributed by atoms with E-state index in [4.69, 9.17) is 15.2 Å². The highest BCUT2D eigenvalue weighted by Crippen LogP contribution is 2.48. The van der Waals surface area contributed by atoms with E-state index in [1.54, 1.807) is 4.90 Å². The summed E-state index contributed by atoms with van der Waals surface area (Å²) in [6.07, 6.45) is 2.00. The van der Waals surface area contributed by atoms with Crippen LogP contribution in [0.25, 0.3) is 0 Å². The highest BCUT2D eigenvalue weighted by molar-refractivity contribution is 9.10. The summed E-state index contributed by atoms with van der Waals surface area (Å²) in [4.78, 5) is 14.8. The molecule has 1 aliphatic heterocycles. The van der Waals surface area contributed by atoms with Crippen LogP contribution in [0.15, 0.2) is 69.6 Å². The number of carbonyl (C=O) groups excluding carboxylic acids is 1. The first kappa shape index (κ1) is 22.9. The lowest BCUT2D eigenvalue weighted by molar-refractivity contribution is -0.116. The molecule has 2 aromatic rings. The summed E-state index contributed by atoms with van der Waals surface area (Å²) in [5.41, 5.74) is 10.1. The Labute approximate surface area is 202 Å². The van der Waals surface area contributed by atoms with Gasteiger partial charge in [0.2, 0.25) is 0 Å². The number of ketones is 1. The Morgan fingerprint density at radius 3 is 2.61 bits per heavy atom. The van der Waals surface area contributed by atoms with E-state index in [0.29, 0.717) is 48.1 Å². The summed E-state index contributed by atoms with van der Waals surface area (Å²) < 4.78 is 12.7. The van der Waals surface area contributed by atoms with E-state index < -0.39 is 5.92 Å². The highest BCUT2D eigenvalue weighted by Gasteiger charge is 2.39. The fraction of sp³-hybridized carbons (Fsp3) is 0.308. The molecule has 0 bridgehead atoms. The lowest BCUT2D eigenvalue weighted by Crippen LogP contribution is -2.36. The van der Waals surface area contributed by atoms with Crippen LogP contribution in [-0.4, -0.2) is 24.3 Å². The minimum atomic E-state index is -0.550. The molecule has 2 N–H and O–H groups in total. The molecule has 0 fully saturated rings. The van der Waals surface area contributed by atoms with Crippen molar-refractivity contribution < 1.29 is 14.3 Å². The van der Waals surface area contributed by atoms with Crippen LogP contribution in [0.1, 0.15) is 43.2 Å². The number of halogens is 1. The molecule has 6 nitrogen and oxygen atoms in total. The van der Waals surface area contributed by atoms with Crippen LogP contribution in [0.3, 0.4) is 0 Å². The van der Waals surface area contributed by atoms with Gasteiger partial charge in [0.15, 0.2) is 17.3 Å². The molecule has 2 aliphatic rings. The number of ether oxygens (including phenoxy) is 2. The van der Waals surface area contributed by atoms with Gasteiger partial charge < -0.3 is 20.1 Å². The SMILES string of the molecule is CCOc1cc([C@H]2C(C#N)=C(N)N(C)C3=C2C(=O)CCC3)c(Br)cc1OCc1ccccc1. The van der Waals surface area contributed by atoms with Crippen molar-refractivity contribution in [3.05, 3.63) is 80.7 Å². The normalized spacial score (nSPS) is 18.2. The number of allylic oxidation sites excluding steroid dienone is 3. The van der Waals surface area contributed by atoms with E-state index in [2.05, 4.69) is 22.0 Å². The van der Waals surface area contributed by atoms with Crippen molar-refractivity contribution in [3.8, 4) is 17.6 Å². The number of nitriles is 1. The molecule has 7 heteroatoms. The van der Waals surface area contributed by atoms with Crippen molar-refractivity contribution in [2.45, 2.75) is 38.7 Å². The van der Waals surface area contributed by atoms with Crippen LogP contribution in [0.4, 0.5) is 0 Å². The van der Waals surface area contributed by atoms with Crippen LogP contribution >= 0.6 is 15.9 Å². The molecule has 1 aliphatic carbocycles. The van der Waals surface area contributed by atoms with Crippen molar-refractivity contribution >= 4 is 21.7 Å². The predicted molar refractivity (Wildman–Crippen MR) is 129 cm³/mol. The Balaban J connectivity index is 1.80. The summed E-state index contributed by atoms with van der Waals surface area (Å²) in [7, 11) is 1.82. The lowest BCUT2D eigenvalue weighted by Gasteiger charge is -2.38. The van der Waals surface area contributed by atoms with E-state index in [1.807, 2.05) is 56.4 Å². The van der Waals surface area contributed by atoms with Crippen molar-refractivity contribution in [1.82, 2.24) is 4.90 Å². The van der Waals surface area contributed by atoms with Gasteiger partial charge in [-0.1, -0.05) is 46.3 Å². The number of hydrogen-bond donors (Lipinski definition) is 1. The van der Waals surface area contributed by atoms with E-state index in [9.17, 15) is 10.1 Å². The second kappa shape index (κ2) is 9.72. The van der Waals surface area contributed by atoms with Gasteiger partial charge in [-0.2, -0.15) is 5.26 Å². The molecule has 1 atom stereocenters. The molecule has 0 saturated heterocycles. The number of nitrogens with zero attached hydrogens (tertiary/aromatic N) is 2. The van der Waals surface area contributed by atoms with Crippen LogP contribution in [0.5, 0.6) is 11.5 Å². The minimum Gasteiger partial charge on any atom is -0.490 e. The van der Waals surface area contributed by atoms with Crippen LogP contribution in [0.2, 0.25) is 0 Å². The van der Waals surface area contributed by atoms with Gasteiger partial charge in [-0.3, -0.25) is 4.79 Å². The molecule has 0 amide bonds. The maximum absolute atomic E-state index is 13.0. The van der Waals surface area contributed by atoms with Crippen molar-refractivity contribution in [3.63, 3.8) is 0 Å². The number of benzene rings is 2. The second-order valence-corrected chi connectivity index (χ2v) is 8.92. The van der Waals surface area contributed by atoms with Gasteiger partial charge in [-0.05, 0) is 43.0 Å². The molecular weight excluding hydrogens is 482 g/mol. The molecule has 0 unspecified atom stereocenters. The predicted octanol–water partition coefficient (Wildman–Crippen LogP) is 5.16. The standard InChI is InChI=1S/C26H26BrN3O3/c1-3-32-22-12-17(19(27)13-23(22)33-15-16-8-5-4-6-9-16)24-18(14-28)26(29)30(2)20-10-7-11-21(31)25(20)24/h4-6,8-9,12-13,24H,3,7,10-11,15,29H2,1-2H3/t24-/m0/s1. The van der Waals surface area contributed by atoms with Gasteiger partial charge in [-0.15, -0.1) is 0 Å². The Morgan fingerprint density at radius 1 is 1.18 bits per heavy atom. The Morgan fingerprint density at radius 2 is 1.91 bits per heavy atom. The topological polar surface area (TPSA) is 88.6 Å². The van der Waals surface area contributed by atoms with Gasteiger partial charge in [0.05, 0.1) is 24.2 Å². The third-order valence-electron chi connectivity index (χ3n) is 6.08. The number of hydrogen-bond acceptors (Lipinski definition) is 6. The van der Waals surface area contributed by atoms with E-state index in [-0.39, 0.29) is 5.78 Å². The average molecular weight is 508 g/mol. The maximum atomic E-state index is 13.0. The Kier molecular flexibility index (Phi) is 6.75. The van der Waals surface area contributed by atoms with Gasteiger partial charge in [-0.25, -0.2) is 0 Å². The zero-order valence-corrected chi connectivity index (χ0v) is 20.3. The number of carbonyl (C=O) groups is 1. The van der Waals surface area contributed by atoms with Crippen molar-refractivity contribution in [2.24, 2.45) is 5.73 Å². The van der Waals surface area contributed by atoms with E-state index >= 15 is 0 Å². The Bertz CT molecular complexity index is 1180. The largest absolute Gasteiger partial charge is 0.490 e. The van der Waals surface area contributed by atoms with E-state index in [0.717, 1.165) is 34.1 Å². The summed E-state index contributed by atoms with van der Waals surface area (Å²) in [6.45, 7) is 2.75. The zero-order chi connectivity index (χ0) is 23.5. The lowest BCUT2D eigenvalue weighted by atomic mass is 9.76. The maximum Gasteiger partial charge on any atom is 0.162 e. The summed E-state index contributed by atoms with van der Waals surface area (Å²) in [5.74, 6) is 1.04. The molecule has 0 radical (unpaired) electrons. The average Bonchev–Trinajstić information content (AvgIpc) is 2.82. The van der Waals surface area contributed by atoms with Crippen molar-refractivity contribution in [1.29, 1.82) is 5.26 Å². The molecule has 4 rings (SSSR count). The van der Waals surface area contributed by atoms with Crippen LogP contribution in [0, 0.1) is 11.3 Å². The van der Waals surface area contributed by atoms with Gasteiger partial charge in [0, 0.05) is 29.2 Å². The number of Topliss-reactive ketones (excluding diaryl/α,β-unsaturated/α-hetero) is 1. The zero-order valence-electron chi connectivity index (χ0n) is 18.7. The molecule has 170 valence electrons. The molecule has 0 saturated carbocycles. The summed E-state index contributed by atoms with van der Waals surface area (Å²) >= 11 is 3.67. The third kappa shape index (κ3) is 4.36. The highest BCUT2D eigenvalue weighted by atomic mass is 79.9. The first-order valence-corrected chi connectivity index (χ1v) is 11.8. The fourth-order valence-electron chi connectivity index (χ4n) is 4.46. The minimum absolute atomic E-state index is 0.0580. The monoisotopic (exact) mass is 507 g/mol. The number of rotatable bonds is 6. The molecular formula is C26H26BrN3O3. The fourth-order valence-corrected chi connectivity index (χ4v) is 5.01. The Hall–Kier alpha value is -3.24. The first-order valence-electron chi connectivity index (χ1n) is 11.0. The second-order valence-electron chi connectivity index (χ2n) is 8.07. The van der Waals surface area contributed by atoms with Gasteiger partial charge in [0.25, 0.3) is 0 Å². The van der Waals surface area contributed by atoms with Gasteiger partial charge >= 0.3 is 0 Å². The third-order valence-corrected chi connectivity index (χ3v) is 6.77. The van der Waals surface area contributed by atoms with Crippen LogP contribution in [-0.2, 0) is 11.4 Å². The smallest absolute Gasteiger partial charge is 0.162 e. The molecule has 0 spiro atoms. The summed E-state index contributed by atoms with van der Waals surface area (Å²) in [5, 5.41) is 10.00. The molecule has 1 heterocycles. The quantitative estimate of drug-likeness (QED) is 0.580. The molecule has 0 aromatic heterocycles. The van der Waals surface area contributed by atoms with E-state index in [1.165, 1.54) is 0 Å². The first-order chi connectivity index (χ1) is 16.0. The van der Waals surface area contributed by atoms with Crippen molar-refractivity contribution in [2.75, 3.05) is 13.7 Å². The van der Waals surface area contributed by atoms with Crippen LogP contribution < -0.4 is 15.2 Å². The molecule has 2 aromatic carbocycles. The summed E-state index contributed by atoms with van der Waals surface area (Å²) in [6, 6.07) is 15.9. The van der Waals surface area contributed by atoms with Gasteiger partial charge in [0.1, 0.15) is 12.4 Å². The number of nitrogens with two attached hydrogens (primary N) is 1. The molecule has 33 heavy (non-hydrogen) atoms.